The smallest absolute Gasteiger partial charge is 0.310 e. The average Bonchev–Trinajstić information content (AvgIpc) is 2.76. The Morgan fingerprint density at radius 3 is 2.72 bits per heavy atom. The fourth-order valence-corrected chi connectivity index (χ4v) is 2.20. The van der Waals surface area contributed by atoms with Crippen LogP contribution in [0, 0.1) is 11.8 Å². The van der Waals surface area contributed by atoms with E-state index in [4.69, 9.17) is 9.47 Å². The van der Waals surface area contributed by atoms with Gasteiger partial charge in [-0.15, -0.1) is 0 Å². The molecule has 2 unspecified atom stereocenters. The Labute approximate surface area is 108 Å². The molecule has 1 saturated heterocycles. The number of carbonyl (C=O) groups is 1. The number of hydrogen-bond donors (Lipinski definition) is 1. The Kier molecular flexibility index (Phi) is 5.91. The summed E-state index contributed by atoms with van der Waals surface area (Å²) in [5.74, 6) is 0.872. The Morgan fingerprint density at radius 1 is 1.44 bits per heavy atom. The lowest BCUT2D eigenvalue weighted by Crippen LogP contribution is -2.41. The Balaban J connectivity index is 2.54. The van der Waals surface area contributed by atoms with Gasteiger partial charge in [-0.25, -0.2) is 0 Å². The van der Waals surface area contributed by atoms with Crippen molar-refractivity contribution in [2.24, 2.45) is 16.8 Å². The lowest BCUT2D eigenvalue weighted by Gasteiger charge is -2.21. The maximum absolute atomic E-state index is 11.6. The molecule has 0 aromatic heterocycles. The van der Waals surface area contributed by atoms with Crippen LogP contribution in [0.2, 0.25) is 0 Å². The zero-order valence-corrected chi connectivity index (χ0v) is 11.6. The van der Waals surface area contributed by atoms with Crippen LogP contribution in [0.4, 0.5) is 0 Å². The molecule has 0 aliphatic carbocycles. The maximum Gasteiger partial charge on any atom is 0.310 e. The summed E-state index contributed by atoms with van der Waals surface area (Å²) in [6, 6.07) is 0. The second-order valence-corrected chi connectivity index (χ2v) is 4.48. The van der Waals surface area contributed by atoms with Crippen molar-refractivity contribution in [3.8, 4) is 0 Å². The topological polar surface area (TPSA) is 63.2 Å². The highest BCUT2D eigenvalue weighted by atomic mass is 16.5. The highest BCUT2D eigenvalue weighted by Gasteiger charge is 2.36. The fourth-order valence-electron chi connectivity index (χ4n) is 2.20. The van der Waals surface area contributed by atoms with Gasteiger partial charge in [0.25, 0.3) is 0 Å². The molecule has 1 heterocycles. The summed E-state index contributed by atoms with van der Waals surface area (Å²) in [6.45, 7) is 4.86. The first kappa shape index (κ1) is 14.8. The van der Waals surface area contributed by atoms with Crippen LogP contribution in [0.15, 0.2) is 4.99 Å². The number of hydrogen-bond acceptors (Lipinski definition) is 4. The standard InChI is InChI=1S/C12H23N3O3/c1-9-7-15(8-10(9)11(16)18-4)12(13-2)14-5-6-17-3/h9-10H,5-8H2,1-4H3,(H,13,14). The zero-order valence-electron chi connectivity index (χ0n) is 11.6. The Hall–Kier alpha value is -1.30. The Morgan fingerprint density at radius 2 is 2.17 bits per heavy atom. The van der Waals surface area contributed by atoms with Crippen LogP contribution in [-0.4, -0.2) is 64.3 Å². The van der Waals surface area contributed by atoms with Gasteiger partial charge in [-0.05, 0) is 5.92 Å². The third-order valence-corrected chi connectivity index (χ3v) is 3.22. The molecule has 6 heteroatoms. The molecule has 1 rings (SSSR count). The minimum Gasteiger partial charge on any atom is -0.469 e. The molecular weight excluding hydrogens is 234 g/mol. The van der Waals surface area contributed by atoms with Crippen LogP contribution in [-0.2, 0) is 14.3 Å². The number of rotatable bonds is 4. The molecule has 0 radical (unpaired) electrons. The van der Waals surface area contributed by atoms with Gasteiger partial charge in [-0.3, -0.25) is 9.79 Å². The molecule has 2 atom stereocenters. The summed E-state index contributed by atoms with van der Waals surface area (Å²) in [6.07, 6.45) is 0. The summed E-state index contributed by atoms with van der Waals surface area (Å²) in [5.41, 5.74) is 0. The van der Waals surface area contributed by atoms with Gasteiger partial charge in [0.1, 0.15) is 0 Å². The van der Waals surface area contributed by atoms with Crippen molar-refractivity contribution < 1.29 is 14.3 Å². The molecule has 1 aliphatic heterocycles. The molecule has 1 fully saturated rings. The van der Waals surface area contributed by atoms with Crippen molar-refractivity contribution in [1.82, 2.24) is 10.2 Å². The first-order valence-corrected chi connectivity index (χ1v) is 6.16. The van der Waals surface area contributed by atoms with E-state index in [0.29, 0.717) is 19.7 Å². The number of carbonyl (C=O) groups excluding carboxylic acids is 1. The van der Waals surface area contributed by atoms with E-state index < -0.39 is 0 Å². The number of ether oxygens (including phenoxy) is 2. The van der Waals surface area contributed by atoms with Gasteiger partial charge in [-0.1, -0.05) is 6.92 Å². The van der Waals surface area contributed by atoms with E-state index in [9.17, 15) is 4.79 Å². The highest BCUT2D eigenvalue weighted by Crippen LogP contribution is 2.23. The largest absolute Gasteiger partial charge is 0.469 e. The van der Waals surface area contributed by atoms with E-state index in [2.05, 4.69) is 22.1 Å². The Bertz CT molecular complexity index is 307. The molecule has 6 nitrogen and oxygen atoms in total. The summed E-state index contributed by atoms with van der Waals surface area (Å²) in [5, 5.41) is 3.21. The summed E-state index contributed by atoms with van der Waals surface area (Å²) < 4.78 is 9.81. The van der Waals surface area contributed by atoms with E-state index in [1.807, 2.05) is 0 Å². The van der Waals surface area contributed by atoms with Crippen molar-refractivity contribution in [2.75, 3.05) is 47.5 Å². The van der Waals surface area contributed by atoms with Crippen molar-refractivity contribution in [3.05, 3.63) is 0 Å². The average molecular weight is 257 g/mol. The van der Waals surface area contributed by atoms with Gasteiger partial charge in [0.15, 0.2) is 5.96 Å². The third-order valence-electron chi connectivity index (χ3n) is 3.22. The highest BCUT2D eigenvalue weighted by molar-refractivity contribution is 5.82. The minimum absolute atomic E-state index is 0.0732. The summed E-state index contributed by atoms with van der Waals surface area (Å²) in [7, 11) is 4.84. The molecular formula is C12H23N3O3. The maximum atomic E-state index is 11.6. The van der Waals surface area contributed by atoms with Gasteiger partial charge in [0.05, 0.1) is 19.6 Å². The molecule has 0 spiro atoms. The molecule has 0 amide bonds. The monoisotopic (exact) mass is 257 g/mol. The van der Waals surface area contributed by atoms with Gasteiger partial charge >= 0.3 is 5.97 Å². The van der Waals surface area contributed by atoms with Gasteiger partial charge in [0.2, 0.25) is 0 Å². The summed E-state index contributed by atoms with van der Waals surface area (Å²) in [4.78, 5) is 17.9. The van der Waals surface area contributed by atoms with E-state index in [-0.39, 0.29) is 17.8 Å². The molecule has 0 saturated carbocycles. The van der Waals surface area contributed by atoms with Crippen LogP contribution in [0.5, 0.6) is 0 Å². The van der Waals surface area contributed by atoms with Gasteiger partial charge in [-0.2, -0.15) is 0 Å². The van der Waals surface area contributed by atoms with Crippen LogP contribution < -0.4 is 5.32 Å². The van der Waals surface area contributed by atoms with Gasteiger partial charge < -0.3 is 19.7 Å². The molecule has 18 heavy (non-hydrogen) atoms. The quantitative estimate of drug-likeness (QED) is 0.331. The number of nitrogens with zero attached hydrogens (tertiary/aromatic N) is 2. The number of likely N-dealkylation sites (tertiary alicyclic amines) is 1. The van der Waals surface area contributed by atoms with E-state index in [0.717, 1.165) is 12.5 Å². The fraction of sp³-hybridized carbons (Fsp3) is 0.833. The number of aliphatic imine (C=N–C) groups is 1. The van der Waals surface area contributed by atoms with Crippen LogP contribution in [0.3, 0.4) is 0 Å². The number of methoxy groups -OCH3 is 2. The van der Waals surface area contributed by atoms with Crippen LogP contribution in [0.1, 0.15) is 6.92 Å². The van der Waals surface area contributed by atoms with Crippen molar-refractivity contribution in [3.63, 3.8) is 0 Å². The first-order chi connectivity index (χ1) is 8.63. The van der Waals surface area contributed by atoms with E-state index >= 15 is 0 Å². The zero-order chi connectivity index (χ0) is 13.5. The van der Waals surface area contributed by atoms with Crippen molar-refractivity contribution in [2.45, 2.75) is 6.92 Å². The van der Waals surface area contributed by atoms with Gasteiger partial charge in [0, 0.05) is 33.8 Å². The van der Waals surface area contributed by atoms with E-state index in [1.165, 1.54) is 7.11 Å². The van der Waals surface area contributed by atoms with E-state index in [1.54, 1.807) is 14.2 Å². The van der Waals surface area contributed by atoms with Crippen molar-refractivity contribution >= 4 is 11.9 Å². The molecule has 0 aromatic rings. The van der Waals surface area contributed by atoms with Crippen molar-refractivity contribution in [1.29, 1.82) is 0 Å². The number of nitrogens with one attached hydrogen (secondary N) is 1. The predicted octanol–water partition coefficient (Wildman–Crippen LogP) is -0.0509. The third kappa shape index (κ3) is 3.60. The first-order valence-electron chi connectivity index (χ1n) is 6.16. The molecule has 1 aliphatic rings. The molecule has 0 aromatic carbocycles. The molecule has 1 N–H and O–H groups in total. The number of guanidine groups is 1. The predicted molar refractivity (Wildman–Crippen MR) is 69.5 cm³/mol. The number of esters is 1. The van der Waals surface area contributed by atoms with Crippen LogP contribution in [0.25, 0.3) is 0 Å². The lowest BCUT2D eigenvalue weighted by molar-refractivity contribution is -0.145. The van der Waals surface area contributed by atoms with Crippen LogP contribution >= 0.6 is 0 Å². The summed E-state index contributed by atoms with van der Waals surface area (Å²) >= 11 is 0. The molecule has 104 valence electrons. The minimum atomic E-state index is -0.141. The normalized spacial score (nSPS) is 24.2. The SMILES string of the molecule is CN=C(NCCOC)N1CC(C)C(C(=O)OC)C1. The second kappa shape index (κ2) is 7.20. The lowest BCUT2D eigenvalue weighted by atomic mass is 9.99. The molecule has 0 bridgehead atoms. The second-order valence-electron chi connectivity index (χ2n) is 4.48.